The standard InChI is InChI=1S/C12H13NO2S/c1-16-9-12(14)15-11(7-8-13)10-5-3-2-4-6-10/h2-6,11H,7,9H2,1H3/t11-/m1/s1. The number of rotatable bonds is 5. The number of nitriles is 1. The largest absolute Gasteiger partial charge is 0.456 e. The molecule has 0 saturated carbocycles. The molecule has 0 aliphatic carbocycles. The van der Waals surface area contributed by atoms with Crippen molar-refractivity contribution in [3.63, 3.8) is 0 Å². The van der Waals surface area contributed by atoms with E-state index in [-0.39, 0.29) is 12.4 Å². The summed E-state index contributed by atoms with van der Waals surface area (Å²) in [6.07, 6.45) is 1.57. The first-order chi connectivity index (χ1) is 7.77. The summed E-state index contributed by atoms with van der Waals surface area (Å²) >= 11 is 1.41. The van der Waals surface area contributed by atoms with Crippen LogP contribution in [0.3, 0.4) is 0 Å². The first-order valence-electron chi connectivity index (χ1n) is 4.88. The Kier molecular flexibility index (Phi) is 5.44. The molecule has 0 saturated heterocycles. The molecule has 0 bridgehead atoms. The van der Waals surface area contributed by atoms with Crippen LogP contribution in [0, 0.1) is 11.3 Å². The fourth-order valence-electron chi connectivity index (χ4n) is 1.29. The molecule has 16 heavy (non-hydrogen) atoms. The van der Waals surface area contributed by atoms with Gasteiger partial charge in [-0.3, -0.25) is 4.79 Å². The van der Waals surface area contributed by atoms with Crippen LogP contribution in [0.1, 0.15) is 18.1 Å². The summed E-state index contributed by atoms with van der Waals surface area (Å²) < 4.78 is 5.24. The van der Waals surface area contributed by atoms with Crippen LogP contribution in [0.5, 0.6) is 0 Å². The molecule has 0 heterocycles. The van der Waals surface area contributed by atoms with Crippen molar-refractivity contribution in [1.29, 1.82) is 5.26 Å². The van der Waals surface area contributed by atoms with E-state index >= 15 is 0 Å². The highest BCUT2D eigenvalue weighted by Crippen LogP contribution is 2.21. The van der Waals surface area contributed by atoms with E-state index in [1.54, 1.807) is 0 Å². The molecule has 1 atom stereocenters. The zero-order valence-electron chi connectivity index (χ0n) is 9.05. The van der Waals surface area contributed by atoms with Gasteiger partial charge in [0.1, 0.15) is 6.10 Å². The van der Waals surface area contributed by atoms with Crippen molar-refractivity contribution in [2.24, 2.45) is 0 Å². The van der Waals surface area contributed by atoms with Crippen LogP contribution in [0.25, 0.3) is 0 Å². The quantitative estimate of drug-likeness (QED) is 0.736. The zero-order chi connectivity index (χ0) is 11.8. The Balaban J connectivity index is 2.69. The minimum Gasteiger partial charge on any atom is -0.456 e. The lowest BCUT2D eigenvalue weighted by atomic mass is 10.1. The van der Waals surface area contributed by atoms with E-state index in [1.165, 1.54) is 11.8 Å². The van der Waals surface area contributed by atoms with Crippen LogP contribution in [0.2, 0.25) is 0 Å². The monoisotopic (exact) mass is 235 g/mol. The lowest BCUT2D eigenvalue weighted by molar-refractivity contribution is -0.145. The summed E-state index contributed by atoms with van der Waals surface area (Å²) in [5.74, 6) is 0.0333. The fourth-order valence-corrected chi connectivity index (χ4v) is 1.59. The van der Waals surface area contributed by atoms with Gasteiger partial charge in [0.25, 0.3) is 0 Å². The minimum absolute atomic E-state index is 0.185. The maximum absolute atomic E-state index is 11.3. The Labute approximate surface area is 99.4 Å². The fraction of sp³-hybridized carbons (Fsp3) is 0.333. The van der Waals surface area contributed by atoms with E-state index in [0.717, 1.165) is 5.56 Å². The van der Waals surface area contributed by atoms with Gasteiger partial charge in [0.15, 0.2) is 0 Å². The number of ether oxygens (including phenoxy) is 1. The van der Waals surface area contributed by atoms with Crippen LogP contribution >= 0.6 is 11.8 Å². The van der Waals surface area contributed by atoms with Crippen LogP contribution in [-0.2, 0) is 9.53 Å². The molecule has 0 aliphatic rings. The van der Waals surface area contributed by atoms with Crippen LogP contribution in [0.15, 0.2) is 30.3 Å². The number of hydrogen-bond donors (Lipinski definition) is 0. The Morgan fingerprint density at radius 1 is 1.50 bits per heavy atom. The molecule has 0 amide bonds. The maximum Gasteiger partial charge on any atom is 0.316 e. The second kappa shape index (κ2) is 6.91. The van der Waals surface area contributed by atoms with Gasteiger partial charge in [-0.05, 0) is 11.8 Å². The van der Waals surface area contributed by atoms with E-state index in [9.17, 15) is 4.79 Å². The minimum atomic E-state index is -0.453. The summed E-state index contributed by atoms with van der Waals surface area (Å²) in [6, 6.07) is 11.4. The molecule has 0 unspecified atom stereocenters. The Hall–Kier alpha value is -1.47. The van der Waals surface area contributed by atoms with E-state index in [0.29, 0.717) is 5.75 Å². The highest BCUT2D eigenvalue weighted by Gasteiger charge is 2.15. The van der Waals surface area contributed by atoms with Gasteiger partial charge in [0, 0.05) is 0 Å². The lowest BCUT2D eigenvalue weighted by Gasteiger charge is -2.14. The van der Waals surface area contributed by atoms with Crippen molar-refractivity contribution in [3.05, 3.63) is 35.9 Å². The summed E-state index contributed by atoms with van der Waals surface area (Å²) in [4.78, 5) is 11.3. The normalized spacial score (nSPS) is 11.5. The molecule has 0 spiro atoms. The van der Waals surface area contributed by atoms with Gasteiger partial charge < -0.3 is 4.74 Å². The van der Waals surface area contributed by atoms with Gasteiger partial charge in [0.2, 0.25) is 0 Å². The average Bonchev–Trinajstić information content (AvgIpc) is 2.30. The predicted molar refractivity (Wildman–Crippen MR) is 63.9 cm³/mol. The molecule has 84 valence electrons. The molecule has 4 heteroatoms. The first kappa shape index (κ1) is 12.6. The van der Waals surface area contributed by atoms with Crippen molar-refractivity contribution in [1.82, 2.24) is 0 Å². The van der Waals surface area contributed by atoms with Gasteiger partial charge in [0.05, 0.1) is 18.2 Å². The highest BCUT2D eigenvalue weighted by atomic mass is 32.2. The molecule has 0 radical (unpaired) electrons. The number of hydrogen-bond acceptors (Lipinski definition) is 4. The van der Waals surface area contributed by atoms with Crippen molar-refractivity contribution in [2.45, 2.75) is 12.5 Å². The van der Waals surface area contributed by atoms with Crippen molar-refractivity contribution >= 4 is 17.7 Å². The van der Waals surface area contributed by atoms with E-state index in [1.807, 2.05) is 42.7 Å². The predicted octanol–water partition coefficient (Wildman–Crippen LogP) is 2.55. The van der Waals surface area contributed by atoms with Crippen LogP contribution in [-0.4, -0.2) is 18.0 Å². The second-order valence-corrected chi connectivity index (χ2v) is 4.05. The molecule has 0 aromatic heterocycles. The Morgan fingerprint density at radius 2 is 2.19 bits per heavy atom. The number of carbonyl (C=O) groups excluding carboxylic acids is 1. The molecular weight excluding hydrogens is 222 g/mol. The molecule has 1 aromatic rings. The van der Waals surface area contributed by atoms with Crippen molar-refractivity contribution < 1.29 is 9.53 Å². The molecule has 0 N–H and O–H groups in total. The van der Waals surface area contributed by atoms with Gasteiger partial charge in [-0.15, -0.1) is 0 Å². The number of nitrogens with zero attached hydrogens (tertiary/aromatic N) is 1. The van der Waals surface area contributed by atoms with Crippen molar-refractivity contribution in [3.8, 4) is 6.07 Å². The molecule has 3 nitrogen and oxygen atoms in total. The van der Waals surface area contributed by atoms with Gasteiger partial charge >= 0.3 is 5.97 Å². The molecule has 1 aromatic carbocycles. The van der Waals surface area contributed by atoms with Crippen LogP contribution < -0.4 is 0 Å². The number of esters is 1. The molecule has 0 fully saturated rings. The summed E-state index contributed by atoms with van der Waals surface area (Å²) in [5, 5.41) is 8.69. The Bertz CT molecular complexity index is 372. The SMILES string of the molecule is CSCC(=O)O[C@H](CC#N)c1ccccc1. The number of thioether (sulfide) groups is 1. The molecule has 0 aliphatic heterocycles. The number of benzene rings is 1. The first-order valence-corrected chi connectivity index (χ1v) is 6.27. The zero-order valence-corrected chi connectivity index (χ0v) is 9.87. The second-order valence-electron chi connectivity index (χ2n) is 3.18. The average molecular weight is 235 g/mol. The third kappa shape index (κ3) is 3.95. The summed E-state index contributed by atoms with van der Waals surface area (Å²) in [7, 11) is 0. The smallest absolute Gasteiger partial charge is 0.316 e. The maximum atomic E-state index is 11.3. The van der Waals surface area contributed by atoms with E-state index < -0.39 is 6.10 Å². The van der Waals surface area contributed by atoms with Crippen LogP contribution in [0.4, 0.5) is 0 Å². The topological polar surface area (TPSA) is 50.1 Å². The summed E-state index contributed by atoms with van der Waals surface area (Å²) in [6.45, 7) is 0. The molecular formula is C12H13NO2S. The Morgan fingerprint density at radius 3 is 2.75 bits per heavy atom. The third-order valence-electron chi connectivity index (χ3n) is 1.98. The third-order valence-corrected chi connectivity index (χ3v) is 2.51. The van der Waals surface area contributed by atoms with E-state index in [2.05, 4.69) is 0 Å². The summed E-state index contributed by atoms with van der Waals surface area (Å²) in [5.41, 5.74) is 0.860. The number of carbonyl (C=O) groups is 1. The van der Waals surface area contributed by atoms with Gasteiger partial charge in [-0.1, -0.05) is 30.3 Å². The van der Waals surface area contributed by atoms with Crippen molar-refractivity contribution in [2.75, 3.05) is 12.0 Å². The van der Waals surface area contributed by atoms with Gasteiger partial charge in [-0.2, -0.15) is 17.0 Å². The van der Waals surface area contributed by atoms with E-state index in [4.69, 9.17) is 10.00 Å². The molecule has 1 rings (SSSR count). The highest BCUT2D eigenvalue weighted by molar-refractivity contribution is 7.99. The van der Waals surface area contributed by atoms with Gasteiger partial charge in [-0.25, -0.2) is 0 Å². The lowest BCUT2D eigenvalue weighted by Crippen LogP contribution is -2.12.